The highest BCUT2D eigenvalue weighted by Crippen LogP contribution is 2.36. The van der Waals surface area contributed by atoms with Gasteiger partial charge >= 0.3 is 0 Å². The van der Waals surface area contributed by atoms with Crippen molar-refractivity contribution in [1.82, 2.24) is 4.90 Å². The first kappa shape index (κ1) is 14.3. The van der Waals surface area contributed by atoms with Gasteiger partial charge in [0.1, 0.15) is 0 Å². The van der Waals surface area contributed by atoms with Crippen molar-refractivity contribution in [2.45, 2.75) is 64.6 Å². The van der Waals surface area contributed by atoms with Crippen LogP contribution in [0.2, 0.25) is 0 Å². The largest absolute Gasteiger partial charge is 0.391 e. The van der Waals surface area contributed by atoms with Crippen LogP contribution in [-0.4, -0.2) is 47.4 Å². The zero-order valence-corrected chi connectivity index (χ0v) is 12.4. The summed E-state index contributed by atoms with van der Waals surface area (Å²) in [4.78, 5) is 2.50. The van der Waals surface area contributed by atoms with E-state index in [0.29, 0.717) is 6.04 Å². The lowest BCUT2D eigenvalue weighted by atomic mass is 9.76. The van der Waals surface area contributed by atoms with E-state index in [4.69, 9.17) is 4.74 Å². The number of morpholine rings is 1. The van der Waals surface area contributed by atoms with Crippen molar-refractivity contribution >= 4 is 0 Å². The van der Waals surface area contributed by atoms with Crippen molar-refractivity contribution in [3.05, 3.63) is 0 Å². The van der Waals surface area contributed by atoms with Gasteiger partial charge in [0.15, 0.2) is 0 Å². The van der Waals surface area contributed by atoms with Crippen LogP contribution in [0, 0.1) is 11.8 Å². The van der Waals surface area contributed by atoms with Crippen molar-refractivity contribution in [3.63, 3.8) is 0 Å². The molecular weight excluding hydrogens is 226 g/mol. The molecule has 2 rings (SSSR count). The summed E-state index contributed by atoms with van der Waals surface area (Å²) in [7, 11) is 0. The Morgan fingerprint density at radius 3 is 2.61 bits per heavy atom. The molecule has 1 aliphatic carbocycles. The van der Waals surface area contributed by atoms with E-state index in [1.54, 1.807) is 0 Å². The standard InChI is InChI=1S/C15H29NO2/c1-11(2)12-5-6-14(17)13(9-12)16-7-8-18-10-15(16,3)4/h11-14,17H,5-10H2,1-4H3. The summed E-state index contributed by atoms with van der Waals surface area (Å²) in [6.45, 7) is 11.6. The van der Waals surface area contributed by atoms with Crippen LogP contribution in [0.5, 0.6) is 0 Å². The Morgan fingerprint density at radius 1 is 1.28 bits per heavy atom. The SMILES string of the molecule is CC(C)C1CCC(O)C(N2CCOCC2(C)C)C1. The summed E-state index contributed by atoms with van der Waals surface area (Å²) in [5, 5.41) is 10.4. The molecule has 0 aromatic rings. The molecule has 3 nitrogen and oxygen atoms in total. The van der Waals surface area contributed by atoms with E-state index in [0.717, 1.165) is 44.4 Å². The van der Waals surface area contributed by atoms with Crippen molar-refractivity contribution in [3.8, 4) is 0 Å². The van der Waals surface area contributed by atoms with Gasteiger partial charge in [-0.25, -0.2) is 0 Å². The van der Waals surface area contributed by atoms with Gasteiger partial charge in [0.05, 0.1) is 19.3 Å². The molecule has 0 aromatic heterocycles. The second-order valence-corrected chi connectivity index (χ2v) is 7.01. The summed E-state index contributed by atoms with van der Waals surface area (Å²) in [5.41, 5.74) is 0.0583. The third-order valence-electron chi connectivity index (χ3n) is 4.87. The van der Waals surface area contributed by atoms with E-state index in [9.17, 15) is 5.11 Å². The normalized spacial score (nSPS) is 38.0. The van der Waals surface area contributed by atoms with Crippen molar-refractivity contribution in [1.29, 1.82) is 0 Å². The molecule has 18 heavy (non-hydrogen) atoms. The Bertz CT molecular complexity index is 278. The lowest BCUT2D eigenvalue weighted by Crippen LogP contribution is -2.61. The number of ether oxygens (including phenoxy) is 1. The molecule has 2 fully saturated rings. The van der Waals surface area contributed by atoms with Gasteiger partial charge in [-0.2, -0.15) is 0 Å². The van der Waals surface area contributed by atoms with Gasteiger partial charge in [-0.3, -0.25) is 4.90 Å². The number of rotatable bonds is 2. The Kier molecular flexibility index (Phi) is 4.35. The first-order valence-electron chi connectivity index (χ1n) is 7.44. The molecule has 0 bridgehead atoms. The van der Waals surface area contributed by atoms with Crippen LogP contribution in [0.1, 0.15) is 47.0 Å². The topological polar surface area (TPSA) is 32.7 Å². The fraction of sp³-hybridized carbons (Fsp3) is 1.00. The molecule has 1 saturated heterocycles. The average Bonchev–Trinajstić information content (AvgIpc) is 2.29. The molecule has 3 heteroatoms. The van der Waals surface area contributed by atoms with E-state index < -0.39 is 0 Å². The summed E-state index contributed by atoms with van der Waals surface area (Å²) < 4.78 is 5.59. The Hall–Kier alpha value is -0.120. The zero-order chi connectivity index (χ0) is 13.3. The van der Waals surface area contributed by atoms with E-state index in [-0.39, 0.29) is 11.6 Å². The monoisotopic (exact) mass is 255 g/mol. The van der Waals surface area contributed by atoms with E-state index in [1.165, 1.54) is 6.42 Å². The molecule has 2 aliphatic rings. The number of nitrogens with zero attached hydrogens (tertiary/aromatic N) is 1. The minimum Gasteiger partial charge on any atom is -0.391 e. The zero-order valence-electron chi connectivity index (χ0n) is 12.4. The highest BCUT2D eigenvalue weighted by atomic mass is 16.5. The number of aliphatic hydroxyl groups excluding tert-OH is 1. The van der Waals surface area contributed by atoms with Crippen LogP contribution >= 0.6 is 0 Å². The predicted octanol–water partition coefficient (Wildman–Crippen LogP) is 2.28. The quantitative estimate of drug-likeness (QED) is 0.821. The van der Waals surface area contributed by atoms with Crippen molar-refractivity contribution in [2.24, 2.45) is 11.8 Å². The second kappa shape index (κ2) is 5.48. The molecule has 0 amide bonds. The van der Waals surface area contributed by atoms with Crippen molar-refractivity contribution in [2.75, 3.05) is 19.8 Å². The summed E-state index contributed by atoms with van der Waals surface area (Å²) in [5.74, 6) is 1.49. The van der Waals surface area contributed by atoms with Crippen molar-refractivity contribution < 1.29 is 9.84 Å². The molecule has 0 aromatic carbocycles. The van der Waals surface area contributed by atoms with Gasteiger partial charge in [0, 0.05) is 18.1 Å². The Morgan fingerprint density at radius 2 is 2.00 bits per heavy atom. The molecule has 1 N–H and O–H groups in total. The summed E-state index contributed by atoms with van der Waals surface area (Å²) >= 11 is 0. The molecular formula is C15H29NO2. The third-order valence-corrected chi connectivity index (χ3v) is 4.87. The maximum atomic E-state index is 10.4. The number of aliphatic hydroxyl groups is 1. The smallest absolute Gasteiger partial charge is 0.0695 e. The Balaban J connectivity index is 2.09. The molecule has 3 unspecified atom stereocenters. The number of hydrogen-bond donors (Lipinski definition) is 1. The minimum atomic E-state index is -0.155. The van der Waals surface area contributed by atoms with Gasteiger partial charge in [-0.05, 0) is 44.9 Å². The van der Waals surface area contributed by atoms with Gasteiger partial charge in [0.2, 0.25) is 0 Å². The lowest BCUT2D eigenvalue weighted by molar-refractivity contribution is -0.112. The first-order valence-corrected chi connectivity index (χ1v) is 7.44. The first-order chi connectivity index (χ1) is 8.42. The third kappa shape index (κ3) is 2.89. The van der Waals surface area contributed by atoms with Gasteiger partial charge in [0.25, 0.3) is 0 Å². The highest BCUT2D eigenvalue weighted by molar-refractivity contribution is 4.95. The van der Waals surface area contributed by atoms with Crippen LogP contribution < -0.4 is 0 Å². The highest BCUT2D eigenvalue weighted by Gasteiger charge is 2.41. The van der Waals surface area contributed by atoms with Gasteiger partial charge in [-0.1, -0.05) is 13.8 Å². The second-order valence-electron chi connectivity index (χ2n) is 7.01. The van der Waals surface area contributed by atoms with Crippen LogP contribution in [0.3, 0.4) is 0 Å². The molecule has 1 aliphatic heterocycles. The van der Waals surface area contributed by atoms with Gasteiger partial charge in [-0.15, -0.1) is 0 Å². The molecule has 3 atom stereocenters. The van der Waals surface area contributed by atoms with E-state index in [2.05, 4.69) is 32.6 Å². The lowest BCUT2D eigenvalue weighted by Gasteiger charge is -2.50. The van der Waals surface area contributed by atoms with Crippen LogP contribution in [0.4, 0.5) is 0 Å². The minimum absolute atomic E-state index is 0.0583. The molecule has 1 heterocycles. The fourth-order valence-corrected chi connectivity index (χ4v) is 3.59. The molecule has 0 radical (unpaired) electrons. The summed E-state index contributed by atoms with van der Waals surface area (Å²) in [6.07, 6.45) is 3.13. The van der Waals surface area contributed by atoms with Crippen LogP contribution in [0.15, 0.2) is 0 Å². The van der Waals surface area contributed by atoms with E-state index >= 15 is 0 Å². The van der Waals surface area contributed by atoms with E-state index in [1.807, 2.05) is 0 Å². The Labute approximate surface area is 112 Å². The maximum absolute atomic E-state index is 10.4. The van der Waals surface area contributed by atoms with Crippen LogP contribution in [-0.2, 0) is 4.74 Å². The fourth-order valence-electron chi connectivity index (χ4n) is 3.59. The van der Waals surface area contributed by atoms with Crippen LogP contribution in [0.25, 0.3) is 0 Å². The molecule has 0 spiro atoms. The summed E-state index contributed by atoms with van der Waals surface area (Å²) in [6, 6.07) is 0.324. The maximum Gasteiger partial charge on any atom is 0.0695 e. The molecule has 1 saturated carbocycles. The van der Waals surface area contributed by atoms with Gasteiger partial charge < -0.3 is 9.84 Å². The molecule has 106 valence electrons. The average molecular weight is 255 g/mol. The predicted molar refractivity (Wildman–Crippen MR) is 73.6 cm³/mol. The number of hydrogen-bond acceptors (Lipinski definition) is 3.